The van der Waals surface area contributed by atoms with E-state index in [9.17, 15) is 4.79 Å². The Bertz CT molecular complexity index is 792. The minimum atomic E-state index is -1.03. The number of thiazole rings is 1. The minimum absolute atomic E-state index is 0.00859. The van der Waals surface area contributed by atoms with E-state index in [1.807, 2.05) is 18.2 Å². The van der Waals surface area contributed by atoms with Crippen molar-refractivity contribution in [3.63, 3.8) is 0 Å². The smallest absolute Gasteiger partial charge is 0.365 e. The third-order valence-electron chi connectivity index (χ3n) is 4.80. The van der Waals surface area contributed by atoms with Crippen LogP contribution in [0.15, 0.2) is 18.2 Å². The first-order valence-electron chi connectivity index (χ1n) is 7.50. The van der Waals surface area contributed by atoms with Crippen LogP contribution < -0.4 is 5.32 Å². The molecule has 2 N–H and O–H groups in total. The van der Waals surface area contributed by atoms with Crippen molar-refractivity contribution in [2.24, 2.45) is 5.92 Å². The summed E-state index contributed by atoms with van der Waals surface area (Å²) in [6.07, 6.45) is 3.37. The maximum Gasteiger partial charge on any atom is 0.365 e. The van der Waals surface area contributed by atoms with E-state index in [-0.39, 0.29) is 11.0 Å². The molecule has 1 aliphatic heterocycles. The van der Waals surface area contributed by atoms with Crippen molar-refractivity contribution in [2.45, 2.75) is 31.2 Å². The van der Waals surface area contributed by atoms with E-state index in [1.165, 1.54) is 16.9 Å². The summed E-state index contributed by atoms with van der Waals surface area (Å²) in [4.78, 5) is 16.0. The van der Waals surface area contributed by atoms with Crippen LogP contribution in [-0.4, -0.2) is 16.1 Å². The average molecular weight is 369 g/mol. The van der Waals surface area contributed by atoms with Crippen LogP contribution >= 0.6 is 34.5 Å². The van der Waals surface area contributed by atoms with Gasteiger partial charge in [0.2, 0.25) is 5.01 Å². The molecule has 0 amide bonds. The molecule has 0 unspecified atom stereocenters. The second-order valence-electron chi connectivity index (χ2n) is 6.03. The molecule has 2 aliphatic rings. The zero-order valence-electron chi connectivity index (χ0n) is 12.1. The van der Waals surface area contributed by atoms with E-state index in [0.717, 1.165) is 34.8 Å². The molecule has 4 nitrogen and oxygen atoms in total. The molecule has 1 aliphatic carbocycles. The highest BCUT2D eigenvalue weighted by Crippen LogP contribution is 2.54. The number of carboxylic acid groups (broad SMARTS) is 1. The van der Waals surface area contributed by atoms with Crippen LogP contribution in [0.1, 0.15) is 51.5 Å². The molecule has 23 heavy (non-hydrogen) atoms. The molecule has 2 heterocycles. The topological polar surface area (TPSA) is 62.2 Å². The van der Waals surface area contributed by atoms with Gasteiger partial charge in [0.05, 0.1) is 10.9 Å². The van der Waals surface area contributed by atoms with Gasteiger partial charge < -0.3 is 10.4 Å². The van der Waals surface area contributed by atoms with Crippen LogP contribution in [0.3, 0.4) is 0 Å². The van der Waals surface area contributed by atoms with Gasteiger partial charge >= 0.3 is 5.97 Å². The molecule has 1 aromatic heterocycles. The molecular formula is C16H14Cl2N2O2S. The predicted molar refractivity (Wildman–Crippen MR) is 92.0 cm³/mol. The maximum absolute atomic E-state index is 11.2. The van der Waals surface area contributed by atoms with Gasteiger partial charge in [-0.25, -0.2) is 9.78 Å². The number of benzene rings is 1. The van der Waals surface area contributed by atoms with Crippen LogP contribution in [0.25, 0.3) is 0 Å². The average Bonchev–Trinajstić information content (AvgIpc) is 3.13. The SMILES string of the molecule is O=C(O)c1nc(Cl)c([C@@H]2Nc3ccc(Cl)cc3[C@@H]3CCC[C@@H]32)s1. The number of aromatic nitrogens is 1. The molecule has 1 fully saturated rings. The molecule has 0 spiro atoms. The number of rotatable bonds is 2. The molecule has 120 valence electrons. The van der Waals surface area contributed by atoms with E-state index in [4.69, 9.17) is 28.3 Å². The number of carboxylic acids is 1. The lowest BCUT2D eigenvalue weighted by molar-refractivity contribution is 0.0696. The zero-order chi connectivity index (χ0) is 16.1. The van der Waals surface area contributed by atoms with Gasteiger partial charge in [0.1, 0.15) is 5.15 Å². The fraction of sp³-hybridized carbons (Fsp3) is 0.375. The Morgan fingerprint density at radius 1 is 1.35 bits per heavy atom. The number of carbonyl (C=O) groups is 1. The third-order valence-corrected chi connectivity index (χ3v) is 6.56. The first-order chi connectivity index (χ1) is 11.0. The van der Waals surface area contributed by atoms with Crippen molar-refractivity contribution >= 4 is 46.2 Å². The van der Waals surface area contributed by atoms with Crippen LogP contribution in [-0.2, 0) is 0 Å². The predicted octanol–water partition coefficient (Wildman–Crippen LogP) is 5.20. The maximum atomic E-state index is 11.2. The summed E-state index contributed by atoms with van der Waals surface area (Å²) in [6, 6.07) is 5.91. The van der Waals surface area contributed by atoms with Crippen LogP contribution in [0, 0.1) is 5.92 Å². The molecule has 0 saturated heterocycles. The van der Waals surface area contributed by atoms with E-state index in [2.05, 4.69) is 10.3 Å². The molecule has 0 radical (unpaired) electrons. The fourth-order valence-electron chi connectivity index (χ4n) is 3.88. The summed E-state index contributed by atoms with van der Waals surface area (Å²) < 4.78 is 0. The number of anilines is 1. The van der Waals surface area contributed by atoms with Crippen molar-refractivity contribution in [3.05, 3.63) is 43.8 Å². The second-order valence-corrected chi connectivity index (χ2v) is 7.86. The molecule has 4 rings (SSSR count). The lowest BCUT2D eigenvalue weighted by Crippen LogP contribution is -2.28. The molecule has 1 saturated carbocycles. The summed E-state index contributed by atoms with van der Waals surface area (Å²) in [6.45, 7) is 0. The van der Waals surface area contributed by atoms with E-state index < -0.39 is 5.97 Å². The Hall–Kier alpha value is -1.30. The van der Waals surface area contributed by atoms with E-state index in [1.54, 1.807) is 0 Å². The number of fused-ring (bicyclic) bond motifs is 3. The second kappa shape index (κ2) is 5.65. The Morgan fingerprint density at radius 2 is 2.17 bits per heavy atom. The Morgan fingerprint density at radius 3 is 2.91 bits per heavy atom. The first kappa shape index (κ1) is 15.2. The number of aromatic carboxylic acids is 1. The Labute approximate surface area is 147 Å². The van der Waals surface area contributed by atoms with Gasteiger partial charge in [-0.2, -0.15) is 0 Å². The molecule has 7 heteroatoms. The normalized spacial score (nSPS) is 25.6. The molecule has 3 atom stereocenters. The highest BCUT2D eigenvalue weighted by Gasteiger charge is 2.42. The number of halogens is 2. The van der Waals surface area contributed by atoms with Crippen molar-refractivity contribution in [2.75, 3.05) is 5.32 Å². The van der Waals surface area contributed by atoms with Gasteiger partial charge in [-0.15, -0.1) is 11.3 Å². The summed E-state index contributed by atoms with van der Waals surface area (Å²) in [7, 11) is 0. The van der Waals surface area contributed by atoms with Crippen LogP contribution in [0.4, 0.5) is 5.69 Å². The standard InChI is InChI=1S/C16H14Cl2N2O2S/c17-7-4-5-11-10(6-7)8-2-1-3-9(8)12(19-11)13-14(18)20-15(23-13)16(21)22/h4-6,8-9,12,19H,1-3H2,(H,21,22)/t8-,9+,12-/m1/s1. The zero-order valence-corrected chi connectivity index (χ0v) is 14.4. The summed E-state index contributed by atoms with van der Waals surface area (Å²) in [5.74, 6) is -0.212. The quantitative estimate of drug-likeness (QED) is 0.764. The Kier molecular flexibility index (Phi) is 3.75. The van der Waals surface area contributed by atoms with Crippen molar-refractivity contribution in [1.82, 2.24) is 4.98 Å². The third kappa shape index (κ3) is 2.51. The van der Waals surface area contributed by atoms with Crippen molar-refractivity contribution in [3.8, 4) is 0 Å². The monoisotopic (exact) mass is 368 g/mol. The first-order valence-corrected chi connectivity index (χ1v) is 9.07. The van der Waals surface area contributed by atoms with E-state index in [0.29, 0.717) is 17.0 Å². The highest BCUT2D eigenvalue weighted by molar-refractivity contribution is 7.14. The van der Waals surface area contributed by atoms with Crippen molar-refractivity contribution in [1.29, 1.82) is 0 Å². The lowest BCUT2D eigenvalue weighted by Gasteiger charge is -2.37. The van der Waals surface area contributed by atoms with Gasteiger partial charge in [-0.1, -0.05) is 29.6 Å². The van der Waals surface area contributed by atoms with Crippen molar-refractivity contribution < 1.29 is 9.90 Å². The number of nitrogens with zero attached hydrogens (tertiary/aromatic N) is 1. The van der Waals surface area contributed by atoms with E-state index >= 15 is 0 Å². The van der Waals surface area contributed by atoms with Gasteiger partial charge in [0, 0.05) is 10.7 Å². The molecule has 1 aromatic carbocycles. The summed E-state index contributed by atoms with van der Waals surface area (Å²) in [5.41, 5.74) is 2.32. The largest absolute Gasteiger partial charge is 0.476 e. The number of hydrogen-bond donors (Lipinski definition) is 2. The minimum Gasteiger partial charge on any atom is -0.476 e. The highest BCUT2D eigenvalue weighted by atomic mass is 35.5. The molecular weight excluding hydrogens is 355 g/mol. The van der Waals surface area contributed by atoms with Crippen LogP contribution in [0.5, 0.6) is 0 Å². The van der Waals surface area contributed by atoms with Gasteiger partial charge in [0.25, 0.3) is 0 Å². The fourth-order valence-corrected chi connectivity index (χ4v) is 5.35. The molecule has 2 aromatic rings. The van der Waals surface area contributed by atoms with Gasteiger partial charge in [-0.3, -0.25) is 0 Å². The van der Waals surface area contributed by atoms with Crippen LogP contribution in [0.2, 0.25) is 10.2 Å². The summed E-state index contributed by atoms with van der Waals surface area (Å²) >= 11 is 13.6. The summed E-state index contributed by atoms with van der Waals surface area (Å²) in [5, 5.41) is 13.8. The number of nitrogens with one attached hydrogen (secondary N) is 1. The van der Waals surface area contributed by atoms with Gasteiger partial charge in [0.15, 0.2) is 0 Å². The lowest BCUT2D eigenvalue weighted by atomic mass is 9.79. The Balaban J connectivity index is 1.78. The number of hydrogen-bond acceptors (Lipinski definition) is 4. The molecule has 0 bridgehead atoms. The van der Waals surface area contributed by atoms with Gasteiger partial charge in [-0.05, 0) is 48.4 Å².